The third kappa shape index (κ3) is 8.47. The molecule has 0 unspecified atom stereocenters. The molecule has 11 nitrogen and oxygen atoms in total. The first kappa shape index (κ1) is 34.5. The molecule has 15 heteroatoms. The number of hydrogen-bond donors (Lipinski definition) is 3. The Kier molecular flexibility index (Phi) is 10.8. The number of urea groups is 1. The summed E-state index contributed by atoms with van der Waals surface area (Å²) in [5, 5.41) is 9.31. The number of aromatic nitrogens is 3. The molecule has 0 aliphatic heterocycles. The summed E-state index contributed by atoms with van der Waals surface area (Å²) in [6.07, 6.45) is -1.68. The van der Waals surface area contributed by atoms with Crippen molar-refractivity contribution in [2.24, 2.45) is 0 Å². The number of nitrogens with zero attached hydrogens (tertiary/aromatic N) is 5. The quantitative estimate of drug-likeness (QED) is 0.215. The molecule has 0 radical (unpaired) electrons. The van der Waals surface area contributed by atoms with E-state index in [1.165, 1.54) is 12.3 Å². The average molecular weight is 659 g/mol. The summed E-state index contributed by atoms with van der Waals surface area (Å²) < 4.78 is 42.3. The summed E-state index contributed by atoms with van der Waals surface area (Å²) >= 11 is 0.797. The first-order valence-corrected chi connectivity index (χ1v) is 15.4. The molecule has 4 rings (SSSR count). The number of rotatable bonds is 11. The van der Waals surface area contributed by atoms with Gasteiger partial charge in [0, 0.05) is 66.5 Å². The number of alkyl halides is 3. The summed E-state index contributed by atoms with van der Waals surface area (Å²) in [6.45, 7) is 5.63. The summed E-state index contributed by atoms with van der Waals surface area (Å²) in [7, 11) is 7.58. The van der Waals surface area contributed by atoms with Gasteiger partial charge >= 0.3 is 12.2 Å². The van der Waals surface area contributed by atoms with Crippen molar-refractivity contribution < 1.29 is 22.8 Å². The van der Waals surface area contributed by atoms with Crippen LogP contribution in [0, 0.1) is 0 Å². The van der Waals surface area contributed by atoms with Gasteiger partial charge in [0.05, 0.1) is 5.52 Å². The van der Waals surface area contributed by atoms with Crippen LogP contribution in [0.3, 0.4) is 0 Å². The Hall–Kier alpha value is -4.34. The van der Waals surface area contributed by atoms with Gasteiger partial charge in [-0.25, -0.2) is 14.8 Å². The van der Waals surface area contributed by atoms with Crippen LogP contribution in [0.5, 0.6) is 0 Å². The van der Waals surface area contributed by atoms with E-state index < -0.39 is 29.2 Å². The van der Waals surface area contributed by atoms with E-state index in [2.05, 4.69) is 25.9 Å². The van der Waals surface area contributed by atoms with E-state index in [1.54, 1.807) is 38.2 Å². The van der Waals surface area contributed by atoms with Gasteiger partial charge in [-0.1, -0.05) is 6.07 Å². The van der Waals surface area contributed by atoms with E-state index >= 15 is 0 Å². The zero-order chi connectivity index (χ0) is 33.8. The largest absolute Gasteiger partial charge is 0.434 e. The van der Waals surface area contributed by atoms with Crippen LogP contribution < -0.4 is 21.4 Å². The van der Waals surface area contributed by atoms with Crippen LogP contribution in [0.25, 0.3) is 32.6 Å². The van der Waals surface area contributed by atoms with Crippen LogP contribution in [0.15, 0.2) is 46.8 Å². The van der Waals surface area contributed by atoms with Crippen LogP contribution in [0.1, 0.15) is 29.9 Å². The minimum Gasteiger partial charge on any atom is -0.351 e. The number of nitrogens with one attached hydrogen (secondary N) is 3. The first-order valence-electron chi connectivity index (χ1n) is 14.5. The number of halogens is 3. The molecule has 0 aliphatic carbocycles. The number of thiazole rings is 1. The highest BCUT2D eigenvalue weighted by Gasteiger charge is 2.34. The average Bonchev–Trinajstić information content (AvgIpc) is 3.47. The predicted molar refractivity (Wildman–Crippen MR) is 174 cm³/mol. The third-order valence-electron chi connectivity index (χ3n) is 6.86. The molecule has 0 atom stereocenters. The maximum atomic E-state index is 13.8. The molecule has 0 saturated heterocycles. The van der Waals surface area contributed by atoms with Crippen LogP contribution in [0.2, 0.25) is 0 Å². The molecule has 3 heterocycles. The van der Waals surface area contributed by atoms with E-state index in [0.29, 0.717) is 42.8 Å². The molecule has 246 valence electrons. The number of anilines is 1. The van der Waals surface area contributed by atoms with E-state index in [0.717, 1.165) is 16.7 Å². The Balaban J connectivity index is 1.87. The van der Waals surface area contributed by atoms with Crippen molar-refractivity contribution in [1.29, 1.82) is 0 Å². The van der Waals surface area contributed by atoms with Crippen LogP contribution in [-0.4, -0.2) is 90.1 Å². The van der Waals surface area contributed by atoms with Crippen LogP contribution in [0.4, 0.5) is 23.8 Å². The second kappa shape index (κ2) is 14.4. The zero-order valence-electron chi connectivity index (χ0n) is 26.5. The van der Waals surface area contributed by atoms with Gasteiger partial charge in [-0.3, -0.25) is 14.9 Å². The Labute approximate surface area is 268 Å². The zero-order valence-corrected chi connectivity index (χ0v) is 27.3. The molecule has 0 spiro atoms. The fraction of sp³-hybridized carbons (Fsp3) is 0.387. The molecular formula is C31H37F3N8O3S. The molecule has 0 fully saturated rings. The minimum absolute atomic E-state index is 0.0223. The monoisotopic (exact) mass is 658 g/mol. The Morgan fingerprint density at radius 2 is 1.76 bits per heavy atom. The molecule has 0 saturated carbocycles. The SMILES string of the molecule is CC(C)NC(=O)Nc1cc(-c2nc(C(F)(F)F)cs2)c(-c2ccc3c(c2)c(=O)c(C(=O)NCCN(C)C)cn3CCN(C)C)cn1. The number of benzene rings is 1. The van der Waals surface area contributed by atoms with Crippen LogP contribution >= 0.6 is 11.3 Å². The van der Waals surface area contributed by atoms with E-state index in [1.807, 2.05) is 42.6 Å². The summed E-state index contributed by atoms with van der Waals surface area (Å²) in [5.41, 5.74) is 0.179. The lowest BCUT2D eigenvalue weighted by Gasteiger charge is -2.17. The molecule has 1 aromatic carbocycles. The number of carbonyl (C=O) groups is 2. The van der Waals surface area contributed by atoms with Crippen molar-refractivity contribution in [2.75, 3.05) is 53.1 Å². The van der Waals surface area contributed by atoms with Crippen molar-refractivity contribution in [2.45, 2.75) is 32.6 Å². The number of likely N-dealkylation sites (N-methyl/N-ethyl adjacent to an activating group) is 2. The lowest BCUT2D eigenvalue weighted by Crippen LogP contribution is -2.34. The van der Waals surface area contributed by atoms with Gasteiger partial charge in [0.15, 0.2) is 5.69 Å². The van der Waals surface area contributed by atoms with Gasteiger partial charge in [0.1, 0.15) is 16.4 Å². The molecule has 3 aromatic heterocycles. The minimum atomic E-state index is -4.65. The fourth-order valence-electron chi connectivity index (χ4n) is 4.58. The van der Waals surface area contributed by atoms with Crippen molar-refractivity contribution in [3.8, 4) is 21.7 Å². The van der Waals surface area contributed by atoms with Crippen molar-refractivity contribution in [3.63, 3.8) is 0 Å². The lowest BCUT2D eigenvalue weighted by molar-refractivity contribution is -0.140. The number of pyridine rings is 2. The van der Waals surface area contributed by atoms with Crippen molar-refractivity contribution >= 4 is 40.0 Å². The second-order valence-electron chi connectivity index (χ2n) is 11.6. The maximum absolute atomic E-state index is 13.8. The first-order chi connectivity index (χ1) is 21.6. The molecule has 0 aliphatic rings. The highest BCUT2D eigenvalue weighted by molar-refractivity contribution is 7.13. The van der Waals surface area contributed by atoms with Gasteiger partial charge in [0.25, 0.3) is 5.91 Å². The summed E-state index contributed by atoms with van der Waals surface area (Å²) in [5.74, 6) is -0.401. The number of fused-ring (bicyclic) bond motifs is 1. The van der Waals surface area contributed by atoms with Crippen LogP contribution in [-0.2, 0) is 12.7 Å². The van der Waals surface area contributed by atoms with Gasteiger partial charge in [-0.15, -0.1) is 11.3 Å². The fourth-order valence-corrected chi connectivity index (χ4v) is 5.44. The topological polar surface area (TPSA) is 124 Å². The molecular weight excluding hydrogens is 621 g/mol. The predicted octanol–water partition coefficient (Wildman–Crippen LogP) is 4.59. The molecule has 3 amide bonds. The van der Waals surface area contributed by atoms with Gasteiger partial charge in [-0.2, -0.15) is 13.2 Å². The molecule has 4 aromatic rings. The second-order valence-corrected chi connectivity index (χ2v) is 12.4. The number of carbonyl (C=O) groups excluding carboxylic acids is 2. The smallest absolute Gasteiger partial charge is 0.351 e. The van der Waals surface area contributed by atoms with Gasteiger partial charge in [0.2, 0.25) is 5.43 Å². The normalized spacial score (nSPS) is 11.9. The molecule has 3 N–H and O–H groups in total. The number of hydrogen-bond acceptors (Lipinski definition) is 8. The van der Waals surface area contributed by atoms with E-state index in [9.17, 15) is 27.6 Å². The van der Waals surface area contributed by atoms with E-state index in [-0.39, 0.29) is 33.4 Å². The van der Waals surface area contributed by atoms with E-state index in [4.69, 9.17) is 0 Å². The van der Waals surface area contributed by atoms with Gasteiger partial charge < -0.3 is 25.0 Å². The van der Waals surface area contributed by atoms with Gasteiger partial charge in [-0.05, 0) is 65.8 Å². The number of amides is 3. The van der Waals surface area contributed by atoms with Crippen molar-refractivity contribution in [1.82, 2.24) is 35.0 Å². The molecule has 0 bridgehead atoms. The summed E-state index contributed by atoms with van der Waals surface area (Å²) in [6, 6.07) is 5.84. The van der Waals surface area contributed by atoms with Crippen molar-refractivity contribution in [3.05, 3.63) is 63.5 Å². The Bertz CT molecular complexity index is 1780. The summed E-state index contributed by atoms with van der Waals surface area (Å²) in [4.78, 5) is 51.3. The lowest BCUT2D eigenvalue weighted by atomic mass is 9.99. The third-order valence-corrected chi connectivity index (χ3v) is 7.73. The maximum Gasteiger partial charge on any atom is 0.434 e. The highest BCUT2D eigenvalue weighted by atomic mass is 32.1. The Morgan fingerprint density at radius 1 is 1.04 bits per heavy atom. The molecule has 46 heavy (non-hydrogen) atoms. The Morgan fingerprint density at radius 3 is 2.39 bits per heavy atom. The standard InChI is InChI=1S/C31H37F3N8O3S/c1-18(2)37-30(45)39-26-14-20(29-38-25(17-46-29)31(32,33)34)22(15-36-26)19-7-8-24-21(13-19)27(43)23(16-42(24)12-11-41(5)6)28(44)35-9-10-40(3)4/h7-8,13-18H,9-12H2,1-6H3,(H,35,44)(H2,36,37,39,45). The highest BCUT2D eigenvalue weighted by Crippen LogP contribution is 2.39.